The standard InChI is InChI=1S/C18H25N7O3S/c1-10-7-13(29-24-10)23-16-14(15(19)26)20-8-12(22-16)21-11-5-6-25(9-11)17(27)28-18(2,3)4/h7-8,11H,5-6,9H2,1-4H3,(H2,19,26)(H2,21,22,23)/t11-/m0/s1. The molecule has 0 saturated carbocycles. The van der Waals surface area contributed by atoms with Crippen LogP contribution in [0.5, 0.6) is 0 Å². The van der Waals surface area contributed by atoms with Gasteiger partial charge in [-0.3, -0.25) is 4.79 Å². The Labute approximate surface area is 173 Å². The number of ether oxygens (including phenoxy) is 1. The third kappa shape index (κ3) is 5.53. The van der Waals surface area contributed by atoms with E-state index in [-0.39, 0.29) is 23.6 Å². The maximum Gasteiger partial charge on any atom is 0.410 e. The molecule has 2 amide bonds. The van der Waals surface area contributed by atoms with E-state index in [1.54, 1.807) is 4.90 Å². The number of aryl methyl sites for hydroxylation is 1. The second-order valence-electron chi connectivity index (χ2n) is 7.83. The Hall–Kier alpha value is -2.95. The number of likely N-dealkylation sites (tertiary alicyclic amines) is 1. The van der Waals surface area contributed by atoms with Gasteiger partial charge in [0.1, 0.15) is 16.4 Å². The van der Waals surface area contributed by atoms with Crippen molar-refractivity contribution in [2.75, 3.05) is 23.7 Å². The van der Waals surface area contributed by atoms with Gasteiger partial charge in [-0.1, -0.05) is 0 Å². The number of nitrogens with zero attached hydrogens (tertiary/aromatic N) is 4. The summed E-state index contributed by atoms with van der Waals surface area (Å²) < 4.78 is 9.61. The van der Waals surface area contributed by atoms with Gasteiger partial charge in [0.2, 0.25) is 0 Å². The van der Waals surface area contributed by atoms with Crippen LogP contribution in [0.2, 0.25) is 0 Å². The lowest BCUT2D eigenvalue weighted by Gasteiger charge is -2.24. The predicted molar refractivity (Wildman–Crippen MR) is 111 cm³/mol. The zero-order chi connectivity index (χ0) is 21.2. The van der Waals surface area contributed by atoms with E-state index in [0.717, 1.165) is 17.1 Å². The topological polar surface area (TPSA) is 135 Å². The van der Waals surface area contributed by atoms with E-state index >= 15 is 0 Å². The van der Waals surface area contributed by atoms with Gasteiger partial charge in [0.25, 0.3) is 5.91 Å². The molecule has 3 heterocycles. The fourth-order valence-corrected chi connectivity index (χ4v) is 3.51. The fourth-order valence-electron chi connectivity index (χ4n) is 2.84. The highest BCUT2D eigenvalue weighted by atomic mass is 32.1. The molecule has 0 unspecified atom stereocenters. The maximum absolute atomic E-state index is 12.2. The van der Waals surface area contributed by atoms with Gasteiger partial charge in [0, 0.05) is 19.1 Å². The monoisotopic (exact) mass is 419 g/mol. The molecule has 0 spiro atoms. The van der Waals surface area contributed by atoms with Crippen molar-refractivity contribution in [3.63, 3.8) is 0 Å². The number of aromatic nitrogens is 3. The van der Waals surface area contributed by atoms with Crippen LogP contribution in [0, 0.1) is 6.92 Å². The molecule has 2 aromatic heterocycles. The lowest BCUT2D eigenvalue weighted by Crippen LogP contribution is -2.36. The molecule has 0 radical (unpaired) electrons. The zero-order valence-electron chi connectivity index (χ0n) is 16.9. The van der Waals surface area contributed by atoms with Gasteiger partial charge in [0.05, 0.1) is 11.9 Å². The number of anilines is 3. The number of carbonyl (C=O) groups is 2. The summed E-state index contributed by atoms with van der Waals surface area (Å²) in [5, 5.41) is 7.04. The van der Waals surface area contributed by atoms with Crippen LogP contribution in [0.1, 0.15) is 43.4 Å². The molecule has 4 N–H and O–H groups in total. The average Bonchev–Trinajstić information content (AvgIpc) is 3.22. The molecule has 3 rings (SSSR count). The minimum Gasteiger partial charge on any atom is -0.444 e. The minimum absolute atomic E-state index is 0.00487. The molecular weight excluding hydrogens is 394 g/mol. The smallest absolute Gasteiger partial charge is 0.410 e. The van der Waals surface area contributed by atoms with Gasteiger partial charge in [-0.2, -0.15) is 4.37 Å². The molecule has 10 nitrogen and oxygen atoms in total. The summed E-state index contributed by atoms with van der Waals surface area (Å²) in [6.07, 6.45) is 1.87. The molecule has 11 heteroatoms. The van der Waals surface area contributed by atoms with Crippen molar-refractivity contribution in [2.24, 2.45) is 5.73 Å². The first-order valence-corrected chi connectivity index (χ1v) is 10.00. The second-order valence-corrected chi connectivity index (χ2v) is 8.64. The summed E-state index contributed by atoms with van der Waals surface area (Å²) in [6.45, 7) is 8.47. The Morgan fingerprint density at radius 3 is 2.76 bits per heavy atom. The maximum atomic E-state index is 12.2. The molecule has 1 aliphatic heterocycles. The number of hydrogen-bond donors (Lipinski definition) is 3. The lowest BCUT2D eigenvalue weighted by molar-refractivity contribution is 0.0293. The number of rotatable bonds is 5. The Balaban J connectivity index is 1.69. The van der Waals surface area contributed by atoms with Crippen molar-refractivity contribution >= 4 is 40.2 Å². The van der Waals surface area contributed by atoms with Crippen molar-refractivity contribution in [2.45, 2.75) is 45.8 Å². The first kappa shape index (κ1) is 20.8. The van der Waals surface area contributed by atoms with Crippen molar-refractivity contribution in [1.29, 1.82) is 0 Å². The first-order chi connectivity index (χ1) is 13.6. The summed E-state index contributed by atoms with van der Waals surface area (Å²) in [7, 11) is 0. The summed E-state index contributed by atoms with van der Waals surface area (Å²) in [5.41, 5.74) is 5.78. The van der Waals surface area contributed by atoms with Crippen LogP contribution < -0.4 is 16.4 Å². The van der Waals surface area contributed by atoms with Crippen LogP contribution >= 0.6 is 11.5 Å². The molecular formula is C18H25N7O3S. The van der Waals surface area contributed by atoms with Crippen LogP contribution in [-0.2, 0) is 4.74 Å². The van der Waals surface area contributed by atoms with Crippen LogP contribution in [0.3, 0.4) is 0 Å². The molecule has 2 aromatic rings. The van der Waals surface area contributed by atoms with Crippen LogP contribution in [0.25, 0.3) is 0 Å². The quantitative estimate of drug-likeness (QED) is 0.673. The second kappa shape index (κ2) is 8.19. The van der Waals surface area contributed by atoms with Gasteiger partial charge in [0.15, 0.2) is 11.5 Å². The van der Waals surface area contributed by atoms with Gasteiger partial charge in [-0.25, -0.2) is 14.8 Å². The number of nitrogens with two attached hydrogens (primary N) is 1. The van der Waals surface area contributed by atoms with Gasteiger partial charge < -0.3 is 26.0 Å². The SMILES string of the molecule is Cc1cc(Nc2nc(N[C@H]3CCN(C(=O)OC(C)(C)C)C3)cnc2C(N)=O)sn1. The number of primary amides is 1. The van der Waals surface area contributed by atoms with E-state index in [2.05, 4.69) is 25.0 Å². The first-order valence-electron chi connectivity index (χ1n) is 9.22. The van der Waals surface area contributed by atoms with Gasteiger partial charge in [-0.15, -0.1) is 0 Å². The predicted octanol–water partition coefficient (Wildman–Crippen LogP) is 2.51. The molecule has 1 aliphatic rings. The Kier molecular flexibility index (Phi) is 5.87. The van der Waals surface area contributed by atoms with E-state index in [1.165, 1.54) is 17.7 Å². The number of carbonyl (C=O) groups excluding carboxylic acids is 2. The fraction of sp³-hybridized carbons (Fsp3) is 0.500. The third-order valence-electron chi connectivity index (χ3n) is 4.07. The minimum atomic E-state index is -0.676. The van der Waals surface area contributed by atoms with E-state index in [4.69, 9.17) is 10.5 Å². The van der Waals surface area contributed by atoms with Gasteiger partial charge >= 0.3 is 6.09 Å². The van der Waals surface area contributed by atoms with Crippen molar-refractivity contribution < 1.29 is 14.3 Å². The Morgan fingerprint density at radius 1 is 1.38 bits per heavy atom. The molecule has 1 fully saturated rings. The molecule has 1 atom stereocenters. The molecule has 0 aromatic carbocycles. The van der Waals surface area contributed by atoms with Crippen LogP contribution in [0.4, 0.5) is 21.4 Å². The normalized spacial score (nSPS) is 16.6. The average molecular weight is 420 g/mol. The summed E-state index contributed by atoms with van der Waals surface area (Å²) in [4.78, 5) is 34.2. The summed E-state index contributed by atoms with van der Waals surface area (Å²) in [5.74, 6) is 0.0627. The molecule has 29 heavy (non-hydrogen) atoms. The highest BCUT2D eigenvalue weighted by Gasteiger charge is 2.30. The van der Waals surface area contributed by atoms with E-state index in [1.807, 2.05) is 33.8 Å². The Bertz CT molecular complexity index is 909. The number of amides is 2. The molecule has 0 aliphatic carbocycles. The molecule has 156 valence electrons. The van der Waals surface area contributed by atoms with E-state index < -0.39 is 11.5 Å². The molecule has 1 saturated heterocycles. The number of hydrogen-bond acceptors (Lipinski definition) is 9. The van der Waals surface area contributed by atoms with Crippen LogP contribution in [0.15, 0.2) is 12.3 Å². The van der Waals surface area contributed by atoms with E-state index in [9.17, 15) is 9.59 Å². The highest BCUT2D eigenvalue weighted by Crippen LogP contribution is 2.24. The Morgan fingerprint density at radius 2 is 2.14 bits per heavy atom. The number of nitrogens with one attached hydrogen (secondary N) is 2. The van der Waals surface area contributed by atoms with E-state index in [0.29, 0.717) is 18.9 Å². The van der Waals surface area contributed by atoms with Crippen LogP contribution in [-0.4, -0.2) is 56.0 Å². The summed E-state index contributed by atoms with van der Waals surface area (Å²) in [6, 6.07) is 1.84. The van der Waals surface area contributed by atoms with Crippen molar-refractivity contribution in [3.8, 4) is 0 Å². The third-order valence-corrected chi connectivity index (χ3v) is 4.86. The lowest BCUT2D eigenvalue weighted by atomic mass is 10.2. The van der Waals surface area contributed by atoms with Crippen molar-refractivity contribution in [3.05, 3.63) is 23.7 Å². The molecule has 0 bridgehead atoms. The van der Waals surface area contributed by atoms with Crippen molar-refractivity contribution in [1.82, 2.24) is 19.2 Å². The highest BCUT2D eigenvalue weighted by molar-refractivity contribution is 7.10. The summed E-state index contributed by atoms with van der Waals surface area (Å²) >= 11 is 1.25. The largest absolute Gasteiger partial charge is 0.444 e. The van der Waals surface area contributed by atoms with Gasteiger partial charge in [-0.05, 0) is 51.7 Å². The zero-order valence-corrected chi connectivity index (χ0v) is 17.7.